The van der Waals surface area contributed by atoms with Gasteiger partial charge < -0.3 is 13.7 Å². The van der Waals surface area contributed by atoms with Crippen LogP contribution in [0.15, 0.2) is 176 Å². The second-order valence-corrected chi connectivity index (χ2v) is 13.0. The second kappa shape index (κ2) is 9.96. The molecule has 3 heteroatoms. The molecule has 0 N–H and O–H groups in total. The van der Waals surface area contributed by atoms with Gasteiger partial charge in [-0.3, -0.25) is 0 Å². The van der Waals surface area contributed by atoms with Crippen LogP contribution in [0.4, 0.5) is 0 Å². The molecule has 49 heavy (non-hydrogen) atoms. The van der Waals surface area contributed by atoms with Gasteiger partial charge in [0.25, 0.3) is 0 Å². The van der Waals surface area contributed by atoms with E-state index in [4.69, 9.17) is 0 Å². The fourth-order valence-corrected chi connectivity index (χ4v) is 8.38. The number of rotatable bonds is 3. The zero-order valence-electron chi connectivity index (χ0n) is 26.6. The molecule has 3 aromatic heterocycles. The van der Waals surface area contributed by atoms with Crippen LogP contribution in [0.1, 0.15) is 0 Å². The topological polar surface area (TPSA) is 14.8 Å². The number of hydrogen-bond acceptors (Lipinski definition) is 0. The fraction of sp³-hybridized carbons (Fsp3) is 0. The van der Waals surface area contributed by atoms with Crippen molar-refractivity contribution in [3.05, 3.63) is 176 Å². The lowest BCUT2D eigenvalue weighted by Gasteiger charge is -2.15. The van der Waals surface area contributed by atoms with Gasteiger partial charge in [0.05, 0.1) is 38.8 Å². The first-order chi connectivity index (χ1) is 24.3. The molecule has 0 atom stereocenters. The SMILES string of the molecule is c1ccc(-n2c3ccccc3c3cc4c(ccc5c6ccccc6n(-c6cccc7c8ccccc8n(-c8ccccc8)c67)c45)cc32)cc1. The minimum atomic E-state index is 1.15. The molecule has 3 heterocycles. The molecular weight excluding hydrogens is 595 g/mol. The molecule has 0 amide bonds. The monoisotopic (exact) mass is 623 g/mol. The summed E-state index contributed by atoms with van der Waals surface area (Å²) in [4.78, 5) is 0. The van der Waals surface area contributed by atoms with Gasteiger partial charge in [0.2, 0.25) is 0 Å². The Morgan fingerprint density at radius 2 is 0.776 bits per heavy atom. The molecule has 0 fully saturated rings. The Bertz CT molecular complexity index is 3090. The molecule has 11 rings (SSSR count). The maximum atomic E-state index is 2.52. The average molecular weight is 624 g/mol. The number of aromatic nitrogens is 3. The van der Waals surface area contributed by atoms with Gasteiger partial charge in [-0.2, -0.15) is 0 Å². The number of fused-ring (bicyclic) bond motifs is 11. The second-order valence-electron chi connectivity index (χ2n) is 13.0. The van der Waals surface area contributed by atoms with Crippen LogP contribution in [0.3, 0.4) is 0 Å². The molecule has 8 aromatic carbocycles. The summed E-state index contributed by atoms with van der Waals surface area (Å²) in [5.74, 6) is 0. The van der Waals surface area contributed by atoms with Crippen LogP contribution in [0.2, 0.25) is 0 Å². The lowest BCUT2D eigenvalue weighted by molar-refractivity contribution is 1.13. The molecule has 0 saturated carbocycles. The molecule has 11 aromatic rings. The molecule has 0 unspecified atom stereocenters. The molecule has 0 radical (unpaired) electrons. The van der Waals surface area contributed by atoms with E-state index in [0.717, 1.165) is 5.69 Å². The summed E-state index contributed by atoms with van der Waals surface area (Å²) in [7, 11) is 0. The highest BCUT2D eigenvalue weighted by Crippen LogP contribution is 2.43. The van der Waals surface area contributed by atoms with Crippen molar-refractivity contribution in [1.29, 1.82) is 0 Å². The van der Waals surface area contributed by atoms with E-state index in [2.05, 4.69) is 190 Å². The summed E-state index contributed by atoms with van der Waals surface area (Å²) >= 11 is 0. The predicted octanol–water partition coefficient (Wildman–Crippen LogP) is 12.1. The van der Waals surface area contributed by atoms with Crippen molar-refractivity contribution in [3.63, 3.8) is 0 Å². The molecule has 3 nitrogen and oxygen atoms in total. The molecule has 0 aliphatic carbocycles. The van der Waals surface area contributed by atoms with Gasteiger partial charge >= 0.3 is 0 Å². The van der Waals surface area contributed by atoms with E-state index < -0.39 is 0 Å². The maximum absolute atomic E-state index is 2.52. The van der Waals surface area contributed by atoms with Gasteiger partial charge in [0.15, 0.2) is 0 Å². The van der Waals surface area contributed by atoms with E-state index >= 15 is 0 Å². The maximum Gasteiger partial charge on any atom is 0.0782 e. The molecule has 228 valence electrons. The van der Waals surface area contributed by atoms with E-state index in [-0.39, 0.29) is 0 Å². The lowest BCUT2D eigenvalue weighted by Crippen LogP contribution is -2.00. The predicted molar refractivity (Wildman–Crippen MR) is 207 cm³/mol. The Labute approximate surface area is 282 Å². The first-order valence-corrected chi connectivity index (χ1v) is 16.9. The highest BCUT2D eigenvalue weighted by atomic mass is 15.1. The Morgan fingerprint density at radius 1 is 0.265 bits per heavy atom. The van der Waals surface area contributed by atoms with Gasteiger partial charge in [-0.05, 0) is 66.0 Å². The largest absolute Gasteiger partial charge is 0.309 e. The standard InChI is InChI=1S/C46H29N3/c1-3-14-31(15-4-1)47-40-22-10-9-20-35(40)39-29-38-30(28-44(39)47)26-27-37-34-19-8-12-24-42(34)49(45(37)38)43-25-13-21-36-33-18-7-11-23-41(33)48(46(36)43)32-16-5-2-6-17-32/h1-29H. The van der Waals surface area contributed by atoms with Gasteiger partial charge in [0.1, 0.15) is 0 Å². The van der Waals surface area contributed by atoms with Crippen molar-refractivity contribution in [3.8, 4) is 17.1 Å². The Kier molecular flexibility index (Phi) is 5.38. The average Bonchev–Trinajstić information content (AvgIpc) is 3.80. The summed E-state index contributed by atoms with van der Waals surface area (Å²) in [6.45, 7) is 0. The minimum absolute atomic E-state index is 1.15. The van der Waals surface area contributed by atoms with Crippen LogP contribution in [-0.4, -0.2) is 13.7 Å². The van der Waals surface area contributed by atoms with Crippen LogP contribution in [0, 0.1) is 0 Å². The number of para-hydroxylation sites is 6. The normalized spacial score (nSPS) is 12.1. The summed E-state index contributed by atoms with van der Waals surface area (Å²) in [5.41, 5.74) is 10.8. The number of hydrogen-bond donors (Lipinski definition) is 0. The summed E-state index contributed by atoms with van der Waals surface area (Å²) in [6, 6.07) is 64.2. The first-order valence-electron chi connectivity index (χ1n) is 16.9. The van der Waals surface area contributed by atoms with Gasteiger partial charge in [-0.15, -0.1) is 0 Å². The van der Waals surface area contributed by atoms with Crippen molar-refractivity contribution < 1.29 is 0 Å². The fourth-order valence-electron chi connectivity index (χ4n) is 8.38. The van der Waals surface area contributed by atoms with Crippen LogP contribution in [-0.2, 0) is 0 Å². The quantitative estimate of drug-likeness (QED) is 0.186. The highest BCUT2D eigenvalue weighted by molar-refractivity contribution is 6.24. The van der Waals surface area contributed by atoms with Crippen LogP contribution in [0.5, 0.6) is 0 Å². The molecule has 0 saturated heterocycles. The smallest absolute Gasteiger partial charge is 0.0782 e. The van der Waals surface area contributed by atoms with Crippen molar-refractivity contribution in [2.75, 3.05) is 0 Å². The molecule has 0 spiro atoms. The number of nitrogens with zero attached hydrogens (tertiary/aromatic N) is 3. The molecule has 0 aliphatic rings. The third kappa shape index (κ3) is 3.62. The Hall–Kier alpha value is -6.58. The van der Waals surface area contributed by atoms with E-state index in [1.807, 2.05) is 0 Å². The Balaban J connectivity index is 1.33. The van der Waals surface area contributed by atoms with Gasteiger partial charge in [-0.25, -0.2) is 0 Å². The molecular formula is C46H29N3. The Morgan fingerprint density at radius 3 is 1.45 bits per heavy atom. The van der Waals surface area contributed by atoms with Gasteiger partial charge in [-0.1, -0.05) is 115 Å². The molecule has 0 bridgehead atoms. The third-order valence-electron chi connectivity index (χ3n) is 10.4. The lowest BCUT2D eigenvalue weighted by atomic mass is 10.0. The number of benzene rings is 8. The summed E-state index contributed by atoms with van der Waals surface area (Å²) in [5, 5.41) is 10.00. The van der Waals surface area contributed by atoms with Crippen molar-refractivity contribution in [2.45, 2.75) is 0 Å². The third-order valence-corrected chi connectivity index (χ3v) is 10.4. The zero-order chi connectivity index (χ0) is 32.1. The van der Waals surface area contributed by atoms with Crippen LogP contribution in [0.25, 0.3) is 93.3 Å². The van der Waals surface area contributed by atoms with E-state index in [1.54, 1.807) is 0 Å². The van der Waals surface area contributed by atoms with Crippen LogP contribution >= 0.6 is 0 Å². The van der Waals surface area contributed by atoms with Crippen molar-refractivity contribution in [2.24, 2.45) is 0 Å². The van der Waals surface area contributed by atoms with E-state index in [1.165, 1.54) is 87.6 Å². The van der Waals surface area contributed by atoms with Gasteiger partial charge in [0, 0.05) is 49.1 Å². The van der Waals surface area contributed by atoms with E-state index in [9.17, 15) is 0 Å². The van der Waals surface area contributed by atoms with Crippen molar-refractivity contribution in [1.82, 2.24) is 13.7 Å². The minimum Gasteiger partial charge on any atom is -0.309 e. The summed E-state index contributed by atoms with van der Waals surface area (Å²) in [6.07, 6.45) is 0. The van der Waals surface area contributed by atoms with Crippen molar-refractivity contribution >= 4 is 76.2 Å². The van der Waals surface area contributed by atoms with Crippen LogP contribution < -0.4 is 0 Å². The summed E-state index contributed by atoms with van der Waals surface area (Å²) < 4.78 is 7.37. The van der Waals surface area contributed by atoms with E-state index in [0.29, 0.717) is 0 Å². The highest BCUT2D eigenvalue weighted by Gasteiger charge is 2.22. The zero-order valence-corrected chi connectivity index (χ0v) is 26.6. The first kappa shape index (κ1) is 26.5. The molecule has 0 aliphatic heterocycles.